The number of halogens is 2. The van der Waals surface area contributed by atoms with Crippen molar-refractivity contribution in [2.45, 2.75) is 17.1 Å². The van der Waals surface area contributed by atoms with E-state index in [9.17, 15) is 17.8 Å². The molecular formula is C15H12F2O2S. The number of benzene rings is 2. The fourth-order valence-corrected chi connectivity index (χ4v) is 2.62. The van der Waals surface area contributed by atoms with Gasteiger partial charge in [0, 0.05) is 10.5 Å². The van der Waals surface area contributed by atoms with E-state index in [1.807, 2.05) is 0 Å². The fourth-order valence-electron chi connectivity index (χ4n) is 1.65. The quantitative estimate of drug-likeness (QED) is 0.808. The highest BCUT2D eigenvalue weighted by molar-refractivity contribution is 7.87. The second-order valence-electron chi connectivity index (χ2n) is 4.29. The Labute approximate surface area is 117 Å². The maximum Gasteiger partial charge on any atom is 0.387 e. The molecule has 0 radical (unpaired) electrons. The van der Waals surface area contributed by atoms with Crippen molar-refractivity contribution < 1.29 is 17.8 Å². The summed E-state index contributed by atoms with van der Waals surface area (Å²) in [5.41, 5.74) is 0.710. The van der Waals surface area contributed by atoms with Crippen molar-refractivity contribution in [3.63, 3.8) is 0 Å². The lowest BCUT2D eigenvalue weighted by Gasteiger charge is -2.14. The molecule has 20 heavy (non-hydrogen) atoms. The maximum atomic E-state index is 14.0. The third-order valence-corrected chi connectivity index (χ3v) is 4.12. The summed E-state index contributed by atoms with van der Waals surface area (Å²) in [4.78, 5) is 11.7. The van der Waals surface area contributed by atoms with Crippen LogP contribution in [0.5, 0.6) is 0 Å². The SMILES string of the molecule is Cc1ccc(S(=O)C(F)(F)C(=O)c2ccccc2)cc1. The van der Waals surface area contributed by atoms with Crippen LogP contribution < -0.4 is 0 Å². The Morgan fingerprint density at radius 2 is 1.55 bits per heavy atom. The smallest absolute Gasteiger partial charge is 0.286 e. The van der Waals surface area contributed by atoms with E-state index >= 15 is 0 Å². The number of hydrogen-bond donors (Lipinski definition) is 0. The first-order valence-electron chi connectivity index (χ1n) is 5.89. The molecule has 2 aromatic carbocycles. The Kier molecular flexibility index (Phi) is 4.09. The highest BCUT2D eigenvalue weighted by Crippen LogP contribution is 2.29. The maximum absolute atomic E-state index is 14.0. The number of carbonyl (C=O) groups excluding carboxylic acids is 1. The monoisotopic (exact) mass is 294 g/mol. The molecule has 104 valence electrons. The summed E-state index contributed by atoms with van der Waals surface area (Å²) in [6, 6.07) is 13.0. The normalized spacial score (nSPS) is 12.9. The Bertz CT molecular complexity index is 637. The van der Waals surface area contributed by atoms with E-state index in [0.717, 1.165) is 5.56 Å². The summed E-state index contributed by atoms with van der Waals surface area (Å²) in [5, 5.41) is -3.95. The number of hydrogen-bond acceptors (Lipinski definition) is 2. The first-order valence-corrected chi connectivity index (χ1v) is 7.04. The van der Waals surface area contributed by atoms with Crippen LogP contribution in [0.4, 0.5) is 8.78 Å². The molecule has 0 bridgehead atoms. The standard InChI is InChI=1S/C15H12F2O2S/c1-11-7-9-13(10-8-11)20(19)15(16,17)14(18)12-5-3-2-4-6-12/h2-10H,1H3. The number of aryl methyl sites for hydroxylation is 1. The predicted octanol–water partition coefficient (Wildman–Crippen LogP) is 3.58. The number of alkyl halides is 2. The van der Waals surface area contributed by atoms with E-state index in [-0.39, 0.29) is 10.5 Å². The number of rotatable bonds is 4. The molecule has 0 aliphatic heterocycles. The summed E-state index contributed by atoms with van der Waals surface area (Å²) in [7, 11) is -2.72. The van der Waals surface area contributed by atoms with Crippen molar-refractivity contribution in [1.82, 2.24) is 0 Å². The van der Waals surface area contributed by atoms with Crippen LogP contribution in [0.3, 0.4) is 0 Å². The molecule has 0 spiro atoms. The Balaban J connectivity index is 2.32. The molecule has 2 rings (SSSR count). The van der Waals surface area contributed by atoms with Gasteiger partial charge in [-0.05, 0) is 19.1 Å². The van der Waals surface area contributed by atoms with Crippen molar-refractivity contribution in [1.29, 1.82) is 0 Å². The molecule has 0 aliphatic carbocycles. The number of ketones is 1. The minimum atomic E-state index is -3.95. The molecule has 0 saturated carbocycles. The van der Waals surface area contributed by atoms with Gasteiger partial charge in [-0.25, -0.2) is 4.21 Å². The summed E-state index contributed by atoms with van der Waals surface area (Å²) in [6.07, 6.45) is 0. The lowest BCUT2D eigenvalue weighted by Crippen LogP contribution is -2.33. The van der Waals surface area contributed by atoms with E-state index in [2.05, 4.69) is 0 Å². The van der Waals surface area contributed by atoms with Crippen molar-refractivity contribution in [3.05, 3.63) is 65.7 Å². The largest absolute Gasteiger partial charge is 0.387 e. The van der Waals surface area contributed by atoms with Crippen LogP contribution in [0.1, 0.15) is 15.9 Å². The zero-order valence-corrected chi connectivity index (χ0v) is 11.5. The summed E-state index contributed by atoms with van der Waals surface area (Å²) < 4.78 is 40.0. The zero-order valence-electron chi connectivity index (χ0n) is 10.7. The topological polar surface area (TPSA) is 34.1 Å². The number of Topliss-reactive ketones (excluding diaryl/α,β-unsaturated/α-hetero) is 1. The van der Waals surface area contributed by atoms with E-state index in [0.29, 0.717) is 0 Å². The second kappa shape index (κ2) is 5.63. The first-order chi connectivity index (χ1) is 9.43. The predicted molar refractivity (Wildman–Crippen MR) is 73.3 cm³/mol. The van der Waals surface area contributed by atoms with E-state index in [1.54, 1.807) is 25.1 Å². The lowest BCUT2D eigenvalue weighted by molar-refractivity contribution is 0.0547. The van der Waals surface area contributed by atoms with Gasteiger partial charge in [0.25, 0.3) is 0 Å². The van der Waals surface area contributed by atoms with E-state index in [4.69, 9.17) is 0 Å². The molecule has 1 unspecified atom stereocenters. The average molecular weight is 294 g/mol. The van der Waals surface area contributed by atoms with Crippen molar-refractivity contribution >= 4 is 16.6 Å². The van der Waals surface area contributed by atoms with Gasteiger partial charge < -0.3 is 0 Å². The summed E-state index contributed by atoms with van der Waals surface area (Å²) in [6.45, 7) is 1.79. The van der Waals surface area contributed by atoms with Gasteiger partial charge in [0.2, 0.25) is 5.78 Å². The van der Waals surface area contributed by atoms with Crippen LogP contribution in [0.2, 0.25) is 0 Å². The van der Waals surface area contributed by atoms with Crippen LogP contribution >= 0.6 is 0 Å². The Hall–Kier alpha value is -1.88. The van der Waals surface area contributed by atoms with Gasteiger partial charge in [0.1, 0.15) is 10.8 Å². The molecular weight excluding hydrogens is 282 g/mol. The third kappa shape index (κ3) is 2.82. The van der Waals surface area contributed by atoms with Crippen LogP contribution in [0.15, 0.2) is 59.5 Å². The molecule has 1 atom stereocenters. The van der Waals surface area contributed by atoms with Gasteiger partial charge in [-0.1, -0.05) is 48.0 Å². The Morgan fingerprint density at radius 3 is 2.10 bits per heavy atom. The average Bonchev–Trinajstić information content (AvgIpc) is 2.47. The third-order valence-electron chi connectivity index (χ3n) is 2.77. The summed E-state index contributed by atoms with van der Waals surface area (Å²) in [5.74, 6) is -1.43. The molecule has 0 N–H and O–H groups in total. The minimum Gasteiger partial charge on any atom is -0.286 e. The minimum absolute atomic E-state index is 0.0649. The lowest BCUT2D eigenvalue weighted by atomic mass is 10.1. The Morgan fingerprint density at radius 1 is 1.00 bits per heavy atom. The second-order valence-corrected chi connectivity index (χ2v) is 5.82. The molecule has 0 saturated heterocycles. The van der Waals surface area contributed by atoms with Crippen molar-refractivity contribution in [2.24, 2.45) is 0 Å². The molecule has 5 heteroatoms. The van der Waals surface area contributed by atoms with Gasteiger partial charge in [-0.2, -0.15) is 8.78 Å². The molecule has 0 aliphatic rings. The molecule has 0 heterocycles. The zero-order chi connectivity index (χ0) is 14.8. The van der Waals surface area contributed by atoms with E-state index < -0.39 is 21.8 Å². The van der Waals surface area contributed by atoms with Crippen molar-refractivity contribution in [3.8, 4) is 0 Å². The van der Waals surface area contributed by atoms with Crippen molar-refractivity contribution in [2.75, 3.05) is 0 Å². The number of carbonyl (C=O) groups is 1. The fraction of sp³-hybridized carbons (Fsp3) is 0.133. The van der Waals surface area contributed by atoms with E-state index in [1.165, 1.54) is 36.4 Å². The van der Waals surface area contributed by atoms with Gasteiger partial charge in [-0.3, -0.25) is 4.79 Å². The van der Waals surface area contributed by atoms with Gasteiger partial charge in [0.15, 0.2) is 0 Å². The molecule has 2 nitrogen and oxygen atoms in total. The first kappa shape index (κ1) is 14.5. The highest BCUT2D eigenvalue weighted by Gasteiger charge is 2.46. The van der Waals surface area contributed by atoms with Crippen LogP contribution in [0, 0.1) is 6.92 Å². The van der Waals surface area contributed by atoms with Crippen LogP contribution in [-0.4, -0.2) is 15.2 Å². The molecule has 0 amide bonds. The van der Waals surface area contributed by atoms with Crippen LogP contribution in [-0.2, 0) is 10.8 Å². The summed E-state index contributed by atoms with van der Waals surface area (Å²) >= 11 is 0. The van der Waals surface area contributed by atoms with Gasteiger partial charge in [0.05, 0.1) is 0 Å². The van der Waals surface area contributed by atoms with Gasteiger partial charge in [-0.15, -0.1) is 0 Å². The van der Waals surface area contributed by atoms with Crippen LogP contribution in [0.25, 0.3) is 0 Å². The molecule has 0 fully saturated rings. The molecule has 0 aromatic heterocycles. The highest BCUT2D eigenvalue weighted by atomic mass is 32.2. The molecule has 2 aromatic rings. The van der Waals surface area contributed by atoms with Gasteiger partial charge >= 0.3 is 5.25 Å².